The molecule has 0 fully saturated rings. The SMILES string of the molecule is CCOC(=O)N1CCc2c(sc3c2C(=O)N[C@@H](c2cccc4ccccc24)N3)C1. The molecule has 2 aromatic carbocycles. The average Bonchev–Trinajstić information content (AvgIpc) is 3.11. The monoisotopic (exact) mass is 407 g/mol. The van der Waals surface area contributed by atoms with Crippen LogP contribution in [0.25, 0.3) is 10.8 Å². The molecule has 3 heterocycles. The molecular weight excluding hydrogens is 386 g/mol. The highest BCUT2D eigenvalue weighted by atomic mass is 32.1. The molecule has 7 heteroatoms. The van der Waals surface area contributed by atoms with Crippen LogP contribution in [-0.4, -0.2) is 30.1 Å². The first-order valence-electron chi connectivity index (χ1n) is 9.77. The maximum atomic E-state index is 13.0. The van der Waals surface area contributed by atoms with Crippen LogP contribution in [0.3, 0.4) is 0 Å². The maximum Gasteiger partial charge on any atom is 0.410 e. The molecule has 0 spiro atoms. The van der Waals surface area contributed by atoms with Crippen molar-refractivity contribution in [3.8, 4) is 0 Å². The van der Waals surface area contributed by atoms with Gasteiger partial charge >= 0.3 is 6.09 Å². The molecule has 5 rings (SSSR count). The zero-order chi connectivity index (χ0) is 20.0. The molecule has 0 saturated heterocycles. The van der Waals surface area contributed by atoms with Crippen molar-refractivity contribution in [2.45, 2.75) is 26.1 Å². The number of anilines is 1. The maximum absolute atomic E-state index is 13.0. The van der Waals surface area contributed by atoms with Crippen molar-refractivity contribution in [2.24, 2.45) is 0 Å². The summed E-state index contributed by atoms with van der Waals surface area (Å²) in [6.45, 7) is 3.22. The van der Waals surface area contributed by atoms with Crippen LogP contribution in [0.4, 0.5) is 9.80 Å². The zero-order valence-corrected chi connectivity index (χ0v) is 16.8. The smallest absolute Gasteiger partial charge is 0.410 e. The minimum atomic E-state index is -0.296. The number of thiophene rings is 1. The molecule has 2 N–H and O–H groups in total. The summed E-state index contributed by atoms with van der Waals surface area (Å²) in [6.07, 6.45) is 0.0755. The Labute approximate surface area is 172 Å². The van der Waals surface area contributed by atoms with Crippen LogP contribution in [0, 0.1) is 0 Å². The van der Waals surface area contributed by atoms with Crippen LogP contribution >= 0.6 is 11.3 Å². The second-order valence-corrected chi connectivity index (χ2v) is 8.30. The fourth-order valence-corrected chi connectivity index (χ4v) is 5.43. The van der Waals surface area contributed by atoms with Crippen LogP contribution in [-0.2, 0) is 17.7 Å². The summed E-state index contributed by atoms with van der Waals surface area (Å²) in [6, 6.07) is 14.3. The summed E-state index contributed by atoms with van der Waals surface area (Å²) in [5.74, 6) is -0.0567. The third-order valence-electron chi connectivity index (χ3n) is 5.50. The molecule has 0 bridgehead atoms. The van der Waals surface area contributed by atoms with E-state index in [1.165, 1.54) is 0 Å². The number of nitrogens with one attached hydrogen (secondary N) is 2. The van der Waals surface area contributed by atoms with Crippen molar-refractivity contribution >= 4 is 39.1 Å². The lowest BCUT2D eigenvalue weighted by atomic mass is 9.98. The molecule has 3 aromatic rings. The summed E-state index contributed by atoms with van der Waals surface area (Å²) in [7, 11) is 0. The predicted molar refractivity (Wildman–Crippen MR) is 113 cm³/mol. The molecule has 2 aliphatic heterocycles. The van der Waals surface area contributed by atoms with Gasteiger partial charge in [-0.3, -0.25) is 4.79 Å². The largest absolute Gasteiger partial charge is 0.450 e. The summed E-state index contributed by atoms with van der Waals surface area (Å²) in [4.78, 5) is 27.9. The highest BCUT2D eigenvalue weighted by molar-refractivity contribution is 7.16. The summed E-state index contributed by atoms with van der Waals surface area (Å²) >= 11 is 1.56. The zero-order valence-electron chi connectivity index (χ0n) is 16.0. The van der Waals surface area contributed by atoms with E-state index < -0.39 is 0 Å². The van der Waals surface area contributed by atoms with E-state index in [1.807, 2.05) is 24.3 Å². The number of fused-ring (bicyclic) bond motifs is 4. The Kier molecular flexibility index (Phi) is 4.39. The molecule has 0 unspecified atom stereocenters. The average molecular weight is 407 g/mol. The van der Waals surface area contributed by atoms with Crippen molar-refractivity contribution in [1.29, 1.82) is 0 Å². The van der Waals surface area contributed by atoms with Gasteiger partial charge < -0.3 is 20.3 Å². The number of benzene rings is 2. The first kappa shape index (κ1) is 18.0. The van der Waals surface area contributed by atoms with Crippen molar-refractivity contribution in [1.82, 2.24) is 10.2 Å². The van der Waals surface area contributed by atoms with Crippen LogP contribution in [0.15, 0.2) is 42.5 Å². The van der Waals surface area contributed by atoms with Crippen molar-refractivity contribution in [3.05, 3.63) is 64.0 Å². The van der Waals surface area contributed by atoms with Crippen molar-refractivity contribution < 1.29 is 14.3 Å². The van der Waals surface area contributed by atoms with Gasteiger partial charge in [0.25, 0.3) is 5.91 Å². The van der Waals surface area contributed by atoms with E-state index in [-0.39, 0.29) is 18.2 Å². The van der Waals surface area contributed by atoms with E-state index >= 15 is 0 Å². The van der Waals surface area contributed by atoms with Gasteiger partial charge in [-0.1, -0.05) is 42.5 Å². The second-order valence-electron chi connectivity index (χ2n) is 7.20. The molecule has 148 valence electrons. The Hall–Kier alpha value is -3.06. The molecule has 1 aromatic heterocycles. The Balaban J connectivity index is 1.47. The fourth-order valence-electron chi connectivity index (χ4n) is 4.14. The Morgan fingerprint density at radius 3 is 2.90 bits per heavy atom. The molecule has 0 radical (unpaired) electrons. The molecule has 2 amide bonds. The molecule has 0 saturated carbocycles. The number of carbonyl (C=O) groups is 2. The summed E-state index contributed by atoms with van der Waals surface area (Å²) < 4.78 is 5.13. The summed E-state index contributed by atoms with van der Waals surface area (Å²) in [5, 5.41) is 9.77. The topological polar surface area (TPSA) is 70.7 Å². The minimum absolute atomic E-state index is 0.0567. The lowest BCUT2D eigenvalue weighted by molar-refractivity contribution is 0.0934. The number of nitrogens with zero attached hydrogens (tertiary/aromatic N) is 1. The third-order valence-corrected chi connectivity index (χ3v) is 6.64. The van der Waals surface area contributed by atoms with E-state index in [0.29, 0.717) is 26.1 Å². The molecule has 29 heavy (non-hydrogen) atoms. The molecule has 2 aliphatic rings. The van der Waals surface area contributed by atoms with Gasteiger partial charge in [-0.2, -0.15) is 0 Å². The highest BCUT2D eigenvalue weighted by Crippen LogP contribution is 2.41. The van der Waals surface area contributed by atoms with E-state index in [1.54, 1.807) is 23.2 Å². The van der Waals surface area contributed by atoms with Gasteiger partial charge in [-0.05, 0) is 29.7 Å². The van der Waals surface area contributed by atoms with Crippen molar-refractivity contribution in [2.75, 3.05) is 18.5 Å². The number of ether oxygens (including phenoxy) is 1. The Morgan fingerprint density at radius 2 is 2.03 bits per heavy atom. The molecule has 6 nitrogen and oxygen atoms in total. The molecular formula is C22H21N3O3S. The van der Waals surface area contributed by atoms with Gasteiger partial charge in [0.2, 0.25) is 0 Å². The minimum Gasteiger partial charge on any atom is -0.450 e. The predicted octanol–water partition coefficient (Wildman–Crippen LogP) is 4.27. The van der Waals surface area contributed by atoms with Gasteiger partial charge in [-0.25, -0.2) is 4.79 Å². The third kappa shape index (κ3) is 3.02. The first-order valence-corrected chi connectivity index (χ1v) is 10.6. The van der Waals surface area contributed by atoms with Crippen LogP contribution < -0.4 is 10.6 Å². The second kappa shape index (κ2) is 7.08. The number of carbonyl (C=O) groups excluding carboxylic acids is 2. The highest BCUT2D eigenvalue weighted by Gasteiger charge is 2.34. The Morgan fingerprint density at radius 1 is 1.21 bits per heavy atom. The van der Waals surface area contributed by atoms with Crippen LogP contribution in [0.1, 0.15) is 39.5 Å². The lowest BCUT2D eigenvalue weighted by Crippen LogP contribution is -2.39. The Bertz CT molecular complexity index is 1120. The van der Waals surface area contributed by atoms with Gasteiger partial charge in [0.05, 0.1) is 18.7 Å². The van der Waals surface area contributed by atoms with E-state index in [4.69, 9.17) is 4.74 Å². The normalized spacial score (nSPS) is 17.9. The number of amides is 2. The van der Waals surface area contributed by atoms with Gasteiger partial charge in [-0.15, -0.1) is 11.3 Å². The van der Waals surface area contributed by atoms with Crippen molar-refractivity contribution in [3.63, 3.8) is 0 Å². The van der Waals surface area contributed by atoms with Gasteiger partial charge in [0, 0.05) is 17.0 Å². The van der Waals surface area contributed by atoms with E-state index in [2.05, 4.69) is 28.8 Å². The lowest BCUT2D eigenvalue weighted by Gasteiger charge is -2.28. The number of hydrogen-bond donors (Lipinski definition) is 2. The van der Waals surface area contributed by atoms with Gasteiger partial charge in [0.1, 0.15) is 11.2 Å². The first-order chi connectivity index (χ1) is 14.2. The van der Waals surface area contributed by atoms with Crippen LogP contribution in [0.5, 0.6) is 0 Å². The molecule has 0 aliphatic carbocycles. The van der Waals surface area contributed by atoms with E-state index in [9.17, 15) is 9.59 Å². The standard InChI is InChI=1S/C22H21N3O3S/c1-2-28-22(27)25-11-10-16-17(12-25)29-21-18(16)20(26)23-19(24-21)15-9-5-7-13-6-3-4-8-14(13)15/h3-9,19,24H,2,10-12H2,1H3,(H,23,26)/t19-/m1/s1. The number of hydrogen-bond acceptors (Lipinski definition) is 5. The summed E-state index contributed by atoms with van der Waals surface area (Å²) in [5.41, 5.74) is 2.82. The van der Waals surface area contributed by atoms with E-state index in [0.717, 1.165) is 37.3 Å². The van der Waals surface area contributed by atoms with Gasteiger partial charge in [0.15, 0.2) is 0 Å². The fraction of sp³-hybridized carbons (Fsp3) is 0.273. The molecule has 1 atom stereocenters. The quantitative estimate of drug-likeness (QED) is 0.666. The number of rotatable bonds is 2. The van der Waals surface area contributed by atoms with Crippen LogP contribution in [0.2, 0.25) is 0 Å².